The van der Waals surface area contributed by atoms with E-state index in [4.69, 9.17) is 24.3 Å². The lowest BCUT2D eigenvalue weighted by Crippen LogP contribution is -2.40. The van der Waals surface area contributed by atoms with Crippen LogP contribution in [0.15, 0.2) is 36.7 Å². The molecule has 0 spiro atoms. The lowest BCUT2D eigenvalue weighted by molar-refractivity contribution is -0.210. The van der Waals surface area contributed by atoms with E-state index in [1.807, 2.05) is 0 Å². The summed E-state index contributed by atoms with van der Waals surface area (Å²) in [5.41, 5.74) is 5.99. The van der Waals surface area contributed by atoms with Crippen molar-refractivity contribution in [1.82, 2.24) is 24.6 Å². The maximum absolute atomic E-state index is 14.4. The van der Waals surface area contributed by atoms with Gasteiger partial charge in [-0.15, -0.1) is 0 Å². The van der Waals surface area contributed by atoms with E-state index in [0.29, 0.717) is 0 Å². The molecule has 2 aromatic heterocycles. The van der Waals surface area contributed by atoms with Gasteiger partial charge < -0.3 is 30.2 Å². The third-order valence-corrected chi connectivity index (χ3v) is 8.46. The van der Waals surface area contributed by atoms with Crippen LogP contribution < -0.4 is 20.7 Å². The molecule has 3 aromatic rings. The number of nitrogens with one attached hydrogen (secondary N) is 2. The number of anilines is 2. The highest BCUT2D eigenvalue weighted by molar-refractivity contribution is 7.52. The summed E-state index contributed by atoms with van der Waals surface area (Å²) < 4.78 is 79.8. The van der Waals surface area contributed by atoms with Gasteiger partial charge in [-0.25, -0.2) is 9.55 Å². The minimum atomic E-state index is -4.94. The van der Waals surface area contributed by atoms with Gasteiger partial charge in [0.15, 0.2) is 23.2 Å². The number of aliphatic hydroxyl groups excluding tert-OH is 1. The summed E-state index contributed by atoms with van der Waals surface area (Å²) in [5, 5.41) is 16.4. The van der Waals surface area contributed by atoms with Crippen LogP contribution in [0.1, 0.15) is 39.8 Å². The maximum atomic E-state index is 14.4. The number of carbonyl (C=O) groups excluding carboxylic acids is 1. The average Bonchev–Trinajstić information content (AvgIpc) is 3.54. The number of alkyl halides is 3. The monoisotopic (exact) mass is 643 g/mol. The molecule has 1 saturated carbocycles. The summed E-state index contributed by atoms with van der Waals surface area (Å²) in [4.78, 5) is 24.8. The SMILES string of the molecule is CC(C)OC(=O)[C@@H](C)N[P@@](=O)(OC[C@H]1O[C@@H](n2cnc3c(NC4CC4)nc(N)nc32)[C@@H](C(F)(F)F)[C@@H]1O)Oc1ccccc1. The van der Waals surface area contributed by atoms with E-state index in [0.717, 1.165) is 23.7 Å². The zero-order chi connectivity index (χ0) is 31.8. The summed E-state index contributed by atoms with van der Waals surface area (Å²) in [7, 11) is -4.46. The van der Waals surface area contributed by atoms with E-state index in [9.17, 15) is 27.6 Å². The number of nitrogens with zero attached hydrogens (tertiary/aromatic N) is 4. The van der Waals surface area contributed by atoms with Crippen molar-refractivity contribution in [3.05, 3.63) is 36.7 Å². The number of hydrogen-bond acceptors (Lipinski definition) is 12. The van der Waals surface area contributed by atoms with Crippen LogP contribution in [0.2, 0.25) is 0 Å². The molecule has 0 amide bonds. The van der Waals surface area contributed by atoms with Crippen molar-refractivity contribution in [1.29, 1.82) is 0 Å². The van der Waals surface area contributed by atoms with Gasteiger partial charge in [-0.05, 0) is 45.7 Å². The molecule has 0 unspecified atom stereocenters. The summed E-state index contributed by atoms with van der Waals surface area (Å²) in [6.45, 7) is 3.80. The number of nitrogens with two attached hydrogens (primary N) is 1. The molecule has 3 heterocycles. The highest BCUT2D eigenvalue weighted by atomic mass is 31.2. The Balaban J connectivity index is 1.40. The number of hydrogen-bond donors (Lipinski definition) is 4. The number of para-hydroxylation sites is 1. The average molecular weight is 644 g/mol. The van der Waals surface area contributed by atoms with E-state index in [2.05, 4.69) is 25.4 Å². The van der Waals surface area contributed by atoms with Crippen molar-refractivity contribution in [3.63, 3.8) is 0 Å². The quantitative estimate of drug-likeness (QED) is 0.166. The van der Waals surface area contributed by atoms with Gasteiger partial charge in [0, 0.05) is 6.04 Å². The smallest absolute Gasteiger partial charge is 0.459 e. The third kappa shape index (κ3) is 7.24. The summed E-state index contributed by atoms with van der Waals surface area (Å²) >= 11 is 0. The Hall–Kier alpha value is -3.50. The molecule has 1 aromatic carbocycles. The van der Waals surface area contributed by atoms with Crippen LogP contribution in [0.4, 0.5) is 24.9 Å². The second kappa shape index (κ2) is 12.5. The Morgan fingerprint density at radius 1 is 1.23 bits per heavy atom. The van der Waals surface area contributed by atoms with E-state index in [-0.39, 0.29) is 34.7 Å². The predicted octanol–water partition coefficient (Wildman–Crippen LogP) is 3.55. The number of aromatic nitrogens is 4. The van der Waals surface area contributed by atoms with E-state index < -0.39 is 63.0 Å². The zero-order valence-electron chi connectivity index (χ0n) is 24.0. The lowest BCUT2D eigenvalue weighted by atomic mass is 9.99. The third-order valence-electron chi connectivity index (χ3n) is 6.81. The fourth-order valence-corrected chi connectivity index (χ4v) is 6.13. The van der Waals surface area contributed by atoms with Crippen LogP contribution in [-0.4, -0.2) is 73.8 Å². The number of esters is 1. The standard InChI is InChI=1S/C26H33F3N7O7P/c1-13(2)41-24(38)14(3)35-44(39,43-16-7-5-4-6-8-16)40-11-17-20(37)18(26(27,28)29)23(42-17)36-12-31-19-21(32-15-9-10-15)33-25(30)34-22(19)36/h4-8,12-15,17-18,20,23,37H,9-11H2,1-3H3,(H,35,39)(H3,30,32,33,34)/t14-,17-,18+,20-,23-,44-/m1/s1. The zero-order valence-corrected chi connectivity index (χ0v) is 24.9. The summed E-state index contributed by atoms with van der Waals surface area (Å²) in [5.74, 6) is -3.06. The first kappa shape index (κ1) is 31.9. The molecule has 0 bridgehead atoms. The van der Waals surface area contributed by atoms with Crippen LogP contribution in [0.5, 0.6) is 5.75 Å². The molecular formula is C26H33F3N7O7P. The molecule has 18 heteroatoms. The van der Waals surface area contributed by atoms with Gasteiger partial charge in [0.1, 0.15) is 23.8 Å². The van der Waals surface area contributed by atoms with Crippen LogP contribution in [0.25, 0.3) is 11.2 Å². The number of carbonyl (C=O) groups is 1. The van der Waals surface area contributed by atoms with Crippen molar-refractivity contribution in [2.45, 2.75) is 76.4 Å². The minimum Gasteiger partial charge on any atom is -0.462 e. The largest absolute Gasteiger partial charge is 0.462 e. The number of halogens is 3. The number of rotatable bonds is 12. The van der Waals surface area contributed by atoms with E-state index in [1.54, 1.807) is 32.0 Å². The van der Waals surface area contributed by atoms with Crippen molar-refractivity contribution in [2.24, 2.45) is 5.92 Å². The van der Waals surface area contributed by atoms with Crippen LogP contribution in [0, 0.1) is 5.92 Å². The van der Waals surface area contributed by atoms with Crippen molar-refractivity contribution in [3.8, 4) is 5.75 Å². The van der Waals surface area contributed by atoms with Gasteiger partial charge in [-0.3, -0.25) is 13.9 Å². The fraction of sp³-hybridized carbons (Fsp3) is 0.538. The van der Waals surface area contributed by atoms with Crippen LogP contribution >= 0.6 is 7.75 Å². The number of benzene rings is 1. The number of imidazole rings is 1. The molecule has 6 atom stereocenters. The topological polar surface area (TPSA) is 185 Å². The van der Waals surface area contributed by atoms with Crippen LogP contribution in [0.3, 0.4) is 0 Å². The van der Waals surface area contributed by atoms with Gasteiger partial charge in [0.25, 0.3) is 0 Å². The van der Waals surface area contributed by atoms with Gasteiger partial charge in [0.2, 0.25) is 5.95 Å². The molecule has 2 aliphatic rings. The molecule has 5 rings (SSSR count). The molecule has 5 N–H and O–H groups in total. The van der Waals surface area contributed by atoms with Crippen molar-refractivity contribution >= 4 is 36.6 Å². The number of aliphatic hydroxyl groups is 1. The van der Waals surface area contributed by atoms with Gasteiger partial charge >= 0.3 is 19.9 Å². The molecule has 240 valence electrons. The molecule has 1 aliphatic heterocycles. The summed E-state index contributed by atoms with van der Waals surface area (Å²) in [6, 6.07) is 6.75. The molecule has 14 nitrogen and oxygen atoms in total. The van der Waals surface area contributed by atoms with E-state index >= 15 is 0 Å². The number of nitrogen functional groups attached to an aromatic ring is 1. The molecule has 1 saturated heterocycles. The Labute approximate surface area is 250 Å². The first-order valence-corrected chi connectivity index (χ1v) is 15.4. The van der Waals surface area contributed by atoms with Gasteiger partial charge in [-0.2, -0.15) is 28.2 Å². The number of fused-ring (bicyclic) bond motifs is 1. The first-order valence-electron chi connectivity index (χ1n) is 13.9. The predicted molar refractivity (Wildman–Crippen MR) is 150 cm³/mol. The first-order chi connectivity index (χ1) is 20.7. The molecule has 44 heavy (non-hydrogen) atoms. The molecule has 1 aliphatic carbocycles. The second-order valence-corrected chi connectivity index (χ2v) is 12.5. The molecule has 2 fully saturated rings. The van der Waals surface area contributed by atoms with Crippen LogP contribution in [-0.2, 0) is 23.4 Å². The molecule has 0 radical (unpaired) electrons. The fourth-order valence-electron chi connectivity index (χ4n) is 4.62. The Morgan fingerprint density at radius 3 is 2.57 bits per heavy atom. The number of ether oxygens (including phenoxy) is 2. The molecular weight excluding hydrogens is 610 g/mol. The highest BCUT2D eigenvalue weighted by Crippen LogP contribution is 2.49. The Kier molecular flexibility index (Phi) is 9.05. The Bertz CT molecular complexity index is 1520. The van der Waals surface area contributed by atoms with E-state index in [1.165, 1.54) is 19.1 Å². The highest BCUT2D eigenvalue weighted by Gasteiger charge is 2.59. The second-order valence-electron chi connectivity index (χ2n) is 10.8. The van der Waals surface area contributed by atoms with Gasteiger partial charge in [-0.1, -0.05) is 18.2 Å². The maximum Gasteiger partial charge on any atom is 0.459 e. The van der Waals surface area contributed by atoms with Gasteiger partial charge in [0.05, 0.1) is 25.1 Å². The summed E-state index contributed by atoms with van der Waals surface area (Å²) in [6.07, 6.45) is -8.16. The minimum absolute atomic E-state index is 0.0362. The Morgan fingerprint density at radius 2 is 1.93 bits per heavy atom. The van der Waals surface area contributed by atoms with Crippen molar-refractivity contribution < 1.29 is 46.2 Å². The van der Waals surface area contributed by atoms with Crippen molar-refractivity contribution in [2.75, 3.05) is 17.7 Å². The lowest BCUT2D eigenvalue weighted by Gasteiger charge is -2.25. The normalized spacial score (nSPS) is 24.3.